The summed E-state index contributed by atoms with van der Waals surface area (Å²) in [6.45, 7) is 2.03. The second kappa shape index (κ2) is 6.01. The van der Waals surface area contributed by atoms with Gasteiger partial charge in [0.05, 0.1) is 5.02 Å². The molecule has 0 amide bonds. The van der Waals surface area contributed by atoms with E-state index in [0.29, 0.717) is 5.82 Å². The summed E-state index contributed by atoms with van der Waals surface area (Å²) in [6, 6.07) is 9.04. The molecule has 0 bridgehead atoms. The van der Waals surface area contributed by atoms with Crippen LogP contribution in [-0.2, 0) is 0 Å². The summed E-state index contributed by atoms with van der Waals surface area (Å²) in [6.07, 6.45) is 0. The molecule has 2 N–H and O–H groups in total. The number of pyridine rings is 1. The summed E-state index contributed by atoms with van der Waals surface area (Å²) >= 11 is 5.80. The van der Waals surface area contributed by atoms with Crippen LogP contribution in [0.25, 0.3) is 0 Å². The zero-order valence-corrected chi connectivity index (χ0v) is 12.8. The first-order valence-corrected chi connectivity index (χ1v) is 6.71. The van der Waals surface area contributed by atoms with E-state index in [1.54, 1.807) is 6.07 Å². The molecule has 110 valence electrons. The first-order valence-electron chi connectivity index (χ1n) is 6.33. The first kappa shape index (κ1) is 15.1. The Morgan fingerprint density at radius 2 is 2.00 bits per heavy atom. The number of hydrogen-bond donors (Lipinski definition) is 2. The zero-order valence-electron chi connectivity index (χ0n) is 12.0. The fraction of sp³-hybridized carbons (Fsp3) is 0.200. The molecule has 0 spiro atoms. The van der Waals surface area contributed by atoms with Crippen molar-refractivity contribution in [3.8, 4) is 0 Å². The average molecular weight is 306 g/mol. The number of nitrogens with one attached hydrogen (secondary N) is 1. The molecule has 0 aliphatic carbocycles. The second-order valence-electron chi connectivity index (χ2n) is 4.85. The van der Waals surface area contributed by atoms with E-state index >= 15 is 0 Å². The number of carboxylic acids is 1. The summed E-state index contributed by atoms with van der Waals surface area (Å²) in [5.41, 5.74) is 2.89. The van der Waals surface area contributed by atoms with Gasteiger partial charge >= 0.3 is 5.97 Å². The SMILES string of the molecule is Cc1ccc(Nc2ccc(Cl)c(C(=O)O)n2)cc1N(C)C. The Kier molecular flexibility index (Phi) is 4.33. The van der Waals surface area contributed by atoms with E-state index < -0.39 is 5.97 Å². The van der Waals surface area contributed by atoms with Gasteiger partial charge in [-0.1, -0.05) is 17.7 Å². The normalized spacial score (nSPS) is 10.3. The Bertz CT molecular complexity index is 687. The third-order valence-electron chi connectivity index (χ3n) is 3.01. The molecular formula is C15H16ClN3O2. The van der Waals surface area contributed by atoms with Gasteiger partial charge in [-0.2, -0.15) is 0 Å². The predicted octanol–water partition coefficient (Wildman–Crippen LogP) is 3.55. The lowest BCUT2D eigenvalue weighted by Gasteiger charge is -2.17. The van der Waals surface area contributed by atoms with Gasteiger partial charge in [-0.3, -0.25) is 0 Å². The van der Waals surface area contributed by atoms with Gasteiger partial charge in [-0.15, -0.1) is 0 Å². The molecule has 0 saturated carbocycles. The molecule has 0 aliphatic heterocycles. The number of aryl methyl sites for hydroxylation is 1. The minimum absolute atomic E-state index is 0.117. The Hall–Kier alpha value is -2.27. The number of aromatic carboxylic acids is 1. The Morgan fingerprint density at radius 3 is 2.62 bits per heavy atom. The number of hydrogen-bond acceptors (Lipinski definition) is 4. The highest BCUT2D eigenvalue weighted by molar-refractivity contribution is 6.33. The van der Waals surface area contributed by atoms with Gasteiger partial charge in [0, 0.05) is 25.5 Å². The van der Waals surface area contributed by atoms with Crippen molar-refractivity contribution in [1.82, 2.24) is 4.98 Å². The molecule has 6 heteroatoms. The monoisotopic (exact) mass is 305 g/mol. The minimum Gasteiger partial charge on any atom is -0.476 e. The molecule has 5 nitrogen and oxygen atoms in total. The van der Waals surface area contributed by atoms with Crippen LogP contribution in [0.15, 0.2) is 30.3 Å². The van der Waals surface area contributed by atoms with Crippen molar-refractivity contribution in [3.05, 3.63) is 46.6 Å². The molecule has 0 saturated heterocycles. The molecule has 0 fully saturated rings. The van der Waals surface area contributed by atoms with Crippen LogP contribution in [0, 0.1) is 6.92 Å². The van der Waals surface area contributed by atoms with Crippen molar-refractivity contribution in [3.63, 3.8) is 0 Å². The highest BCUT2D eigenvalue weighted by Gasteiger charge is 2.12. The molecule has 1 aromatic carbocycles. The fourth-order valence-electron chi connectivity index (χ4n) is 1.98. The van der Waals surface area contributed by atoms with Crippen LogP contribution in [0.2, 0.25) is 5.02 Å². The van der Waals surface area contributed by atoms with Crippen LogP contribution in [0.3, 0.4) is 0 Å². The van der Waals surface area contributed by atoms with Gasteiger partial charge < -0.3 is 15.3 Å². The standard InChI is InChI=1S/C15H16ClN3O2/c1-9-4-5-10(8-12(9)19(2)3)17-13-7-6-11(16)14(18-13)15(20)21/h4-8H,1-3H3,(H,17,18)(H,20,21). The fourth-order valence-corrected chi connectivity index (χ4v) is 2.16. The molecule has 2 rings (SSSR count). The maximum atomic E-state index is 11.0. The summed E-state index contributed by atoms with van der Waals surface area (Å²) in [5.74, 6) is -0.716. The van der Waals surface area contributed by atoms with E-state index in [9.17, 15) is 4.79 Å². The van der Waals surface area contributed by atoms with Crippen LogP contribution in [0.4, 0.5) is 17.2 Å². The van der Waals surface area contributed by atoms with Crippen molar-refractivity contribution in [2.45, 2.75) is 6.92 Å². The van der Waals surface area contributed by atoms with Crippen LogP contribution in [0.5, 0.6) is 0 Å². The number of rotatable bonds is 4. The van der Waals surface area contributed by atoms with Gasteiger partial charge in [-0.05, 0) is 36.8 Å². The Labute approximate surface area is 128 Å². The maximum absolute atomic E-state index is 11.0. The quantitative estimate of drug-likeness (QED) is 0.904. The van der Waals surface area contributed by atoms with E-state index in [2.05, 4.69) is 10.3 Å². The topological polar surface area (TPSA) is 65.5 Å². The van der Waals surface area contributed by atoms with Gasteiger partial charge in [0.25, 0.3) is 0 Å². The van der Waals surface area contributed by atoms with E-state index in [1.807, 2.05) is 44.1 Å². The summed E-state index contributed by atoms with van der Waals surface area (Å²) in [4.78, 5) is 17.1. The first-order chi connectivity index (χ1) is 9.88. The third-order valence-corrected chi connectivity index (χ3v) is 3.32. The second-order valence-corrected chi connectivity index (χ2v) is 5.26. The lowest BCUT2D eigenvalue weighted by atomic mass is 10.1. The van der Waals surface area contributed by atoms with E-state index in [1.165, 1.54) is 6.07 Å². The summed E-state index contributed by atoms with van der Waals surface area (Å²) in [7, 11) is 3.93. The Balaban J connectivity index is 2.32. The zero-order chi connectivity index (χ0) is 15.6. The van der Waals surface area contributed by atoms with Gasteiger partial charge in [0.1, 0.15) is 5.82 Å². The molecule has 0 aliphatic rings. The predicted molar refractivity (Wildman–Crippen MR) is 85.0 cm³/mol. The van der Waals surface area contributed by atoms with E-state index in [-0.39, 0.29) is 10.7 Å². The largest absolute Gasteiger partial charge is 0.476 e. The van der Waals surface area contributed by atoms with Crippen LogP contribution < -0.4 is 10.2 Å². The number of carboxylic acid groups (broad SMARTS) is 1. The van der Waals surface area contributed by atoms with Crippen molar-refractivity contribution >= 4 is 34.8 Å². The summed E-state index contributed by atoms with van der Waals surface area (Å²) in [5, 5.41) is 12.2. The van der Waals surface area contributed by atoms with Crippen molar-refractivity contribution in [2.24, 2.45) is 0 Å². The van der Waals surface area contributed by atoms with Gasteiger partial charge in [-0.25, -0.2) is 9.78 Å². The molecule has 21 heavy (non-hydrogen) atoms. The van der Waals surface area contributed by atoms with Gasteiger partial charge in [0.2, 0.25) is 0 Å². The number of anilines is 3. The van der Waals surface area contributed by atoms with E-state index in [4.69, 9.17) is 16.7 Å². The molecule has 1 heterocycles. The van der Waals surface area contributed by atoms with Crippen molar-refractivity contribution in [1.29, 1.82) is 0 Å². The van der Waals surface area contributed by atoms with E-state index in [0.717, 1.165) is 16.9 Å². The molecular weight excluding hydrogens is 290 g/mol. The van der Waals surface area contributed by atoms with Crippen LogP contribution in [-0.4, -0.2) is 30.2 Å². The number of nitrogens with zero attached hydrogens (tertiary/aromatic N) is 2. The smallest absolute Gasteiger partial charge is 0.356 e. The lowest BCUT2D eigenvalue weighted by molar-refractivity contribution is 0.0691. The van der Waals surface area contributed by atoms with Gasteiger partial charge in [0.15, 0.2) is 5.69 Å². The molecule has 0 radical (unpaired) electrons. The number of halogens is 1. The number of benzene rings is 1. The summed E-state index contributed by atoms with van der Waals surface area (Å²) < 4.78 is 0. The lowest BCUT2D eigenvalue weighted by Crippen LogP contribution is -2.10. The third kappa shape index (κ3) is 3.44. The number of aromatic nitrogens is 1. The molecule has 2 aromatic rings. The highest BCUT2D eigenvalue weighted by Crippen LogP contribution is 2.25. The van der Waals surface area contributed by atoms with Crippen LogP contribution >= 0.6 is 11.6 Å². The highest BCUT2D eigenvalue weighted by atomic mass is 35.5. The molecule has 1 aromatic heterocycles. The Morgan fingerprint density at radius 1 is 1.29 bits per heavy atom. The van der Waals surface area contributed by atoms with Crippen LogP contribution in [0.1, 0.15) is 16.1 Å². The molecule has 0 unspecified atom stereocenters. The number of carbonyl (C=O) groups is 1. The van der Waals surface area contributed by atoms with Crippen molar-refractivity contribution in [2.75, 3.05) is 24.3 Å². The minimum atomic E-state index is -1.15. The average Bonchev–Trinajstić information content (AvgIpc) is 2.42. The molecule has 0 atom stereocenters. The maximum Gasteiger partial charge on any atom is 0.356 e. The van der Waals surface area contributed by atoms with Crippen molar-refractivity contribution < 1.29 is 9.90 Å².